The maximum atomic E-state index is 13.6. The van der Waals surface area contributed by atoms with Crippen molar-refractivity contribution in [1.29, 1.82) is 0 Å². The van der Waals surface area contributed by atoms with Gasteiger partial charge in [-0.1, -0.05) is 0 Å². The minimum Gasteiger partial charge on any atom is -0.356 e. The van der Waals surface area contributed by atoms with Gasteiger partial charge in [-0.15, -0.1) is 0 Å². The van der Waals surface area contributed by atoms with E-state index in [0.717, 1.165) is 24.2 Å². The van der Waals surface area contributed by atoms with Crippen LogP contribution in [0.5, 0.6) is 0 Å². The van der Waals surface area contributed by atoms with E-state index in [9.17, 15) is 43.2 Å². The van der Waals surface area contributed by atoms with Gasteiger partial charge in [0.1, 0.15) is 28.5 Å². The first-order valence-electron chi connectivity index (χ1n) is 27.2. The zero-order valence-corrected chi connectivity index (χ0v) is 49.4. The van der Waals surface area contributed by atoms with Crippen molar-refractivity contribution in [2.75, 3.05) is 72.2 Å². The van der Waals surface area contributed by atoms with Gasteiger partial charge in [0.05, 0.1) is 34.1 Å². The summed E-state index contributed by atoms with van der Waals surface area (Å²) >= 11 is 0. The van der Waals surface area contributed by atoms with Gasteiger partial charge < -0.3 is 89.3 Å². The summed E-state index contributed by atoms with van der Waals surface area (Å²) in [5.41, 5.74) is 4.70. The third-order valence-corrected chi connectivity index (χ3v) is 13.8. The monoisotopic (exact) mass is 1180 g/mol. The van der Waals surface area contributed by atoms with Crippen molar-refractivity contribution < 1.29 is 43.2 Å². The van der Waals surface area contributed by atoms with Crippen molar-refractivity contribution >= 4 is 87.4 Å². The van der Waals surface area contributed by atoms with Crippen molar-refractivity contribution in [2.24, 2.45) is 56.4 Å². The summed E-state index contributed by atoms with van der Waals surface area (Å²) in [4.78, 5) is 128. The molecule has 0 aromatic carbocycles. The fourth-order valence-corrected chi connectivity index (χ4v) is 9.40. The summed E-state index contributed by atoms with van der Waals surface area (Å²) in [5, 5.41) is 25.1. The topological polar surface area (TPSA) is 330 Å². The Kier molecular flexibility index (Phi) is 19.0. The van der Waals surface area contributed by atoms with Crippen molar-refractivity contribution in [3.8, 4) is 11.3 Å². The van der Waals surface area contributed by atoms with Gasteiger partial charge in [0.2, 0.25) is 17.6 Å². The third-order valence-electron chi connectivity index (χ3n) is 13.8. The summed E-state index contributed by atoms with van der Waals surface area (Å²) in [6.07, 6.45) is 15.8. The van der Waals surface area contributed by atoms with Crippen LogP contribution in [0.4, 0.5) is 34.3 Å². The molecule has 0 saturated heterocycles. The number of amides is 9. The Balaban J connectivity index is 0.755. The van der Waals surface area contributed by atoms with E-state index in [1.807, 2.05) is 30.6 Å². The van der Waals surface area contributed by atoms with Crippen molar-refractivity contribution in [2.45, 2.75) is 25.7 Å². The number of hydrogen-bond acceptors (Lipinski definition) is 12. The highest BCUT2D eigenvalue weighted by Crippen LogP contribution is 2.28. The lowest BCUT2D eigenvalue weighted by Gasteiger charge is -2.10. The molecular formula is C57H70N20O9. The number of anilines is 6. The van der Waals surface area contributed by atoms with E-state index in [-0.39, 0.29) is 90.3 Å². The molecule has 86 heavy (non-hydrogen) atoms. The predicted octanol–water partition coefficient (Wildman–Crippen LogP) is 3.45. The minimum absolute atomic E-state index is 0.000931. The zero-order valence-electron chi connectivity index (χ0n) is 49.4. The quantitative estimate of drug-likeness (QED) is 0.0372. The largest absolute Gasteiger partial charge is 0.356 e. The van der Waals surface area contributed by atoms with E-state index in [2.05, 4.69) is 57.8 Å². The molecule has 9 amide bonds. The van der Waals surface area contributed by atoms with Gasteiger partial charge in [-0.25, -0.2) is 9.97 Å². The van der Waals surface area contributed by atoms with Crippen LogP contribution in [0, 0.1) is 0 Å². The SMILES string of the molecule is CN(C)CCCNC(=O)CCNC(=O)c1cc(-c2cc(NC(=O)c3cc(NC(=O)c4cc(NC(=O)CCCNC(=O)c5nc(NC(=O)c6cc(NC(=O)c7cc(NC(=O)c8nccn8C)cn7C)cn6C)cn5C)cn4C)cn3C)cn2C)cn1C. The van der Waals surface area contributed by atoms with Gasteiger partial charge in [0.15, 0.2) is 11.6 Å². The Hall–Kier alpha value is -10.7. The lowest BCUT2D eigenvalue weighted by atomic mass is 10.2. The molecule has 0 aliphatic rings. The van der Waals surface area contributed by atoms with Gasteiger partial charge >= 0.3 is 0 Å². The molecule has 8 heterocycles. The minimum atomic E-state index is -0.561. The third kappa shape index (κ3) is 15.1. The molecule has 29 nitrogen and oxygen atoms in total. The van der Waals surface area contributed by atoms with Gasteiger partial charge in [0, 0.05) is 150 Å². The fraction of sp³-hybridized carbons (Fsp3) is 0.316. The molecule has 0 radical (unpaired) electrons. The molecule has 8 rings (SSSR count). The lowest BCUT2D eigenvalue weighted by molar-refractivity contribution is -0.121. The molecule has 0 saturated carbocycles. The van der Waals surface area contributed by atoms with Crippen LogP contribution in [-0.2, 0) is 66.0 Å². The molecule has 29 heteroatoms. The maximum Gasteiger partial charge on any atom is 0.291 e. The average molecular weight is 1180 g/mol. The van der Waals surface area contributed by atoms with Gasteiger partial charge in [-0.3, -0.25) is 43.2 Å². The smallest absolute Gasteiger partial charge is 0.291 e. The lowest BCUT2D eigenvalue weighted by Crippen LogP contribution is -2.32. The fourth-order valence-electron chi connectivity index (χ4n) is 9.40. The predicted molar refractivity (Wildman–Crippen MR) is 321 cm³/mol. The van der Waals surface area contributed by atoms with Crippen LogP contribution in [0.3, 0.4) is 0 Å². The van der Waals surface area contributed by atoms with E-state index in [1.54, 1.807) is 128 Å². The van der Waals surface area contributed by atoms with E-state index < -0.39 is 35.4 Å². The van der Waals surface area contributed by atoms with Crippen molar-refractivity contribution in [1.82, 2.24) is 67.4 Å². The molecule has 0 aliphatic heterocycles. The number of aryl methyl sites for hydroxylation is 8. The highest BCUT2D eigenvalue weighted by molar-refractivity contribution is 6.09. The first-order valence-corrected chi connectivity index (χ1v) is 27.2. The molecule has 0 fully saturated rings. The second-order valence-corrected chi connectivity index (χ2v) is 21.0. The molecule has 0 aliphatic carbocycles. The van der Waals surface area contributed by atoms with E-state index in [1.165, 1.54) is 45.8 Å². The second-order valence-electron chi connectivity index (χ2n) is 21.0. The molecule has 0 atom stereocenters. The molecule has 8 aromatic heterocycles. The van der Waals surface area contributed by atoms with Crippen LogP contribution in [-0.4, -0.2) is 145 Å². The Morgan fingerprint density at radius 3 is 1.41 bits per heavy atom. The normalized spacial score (nSPS) is 11.1. The van der Waals surface area contributed by atoms with Crippen molar-refractivity contribution in [3.05, 3.63) is 132 Å². The number of carbonyl (C=O) groups excluding carboxylic acids is 9. The standard InChI is InChI=1S/C57H70N20O9/c1-69(2)19-12-16-58-47(78)14-17-61-51(80)41-21-34(27-71(41)4)40-22-36(29-72(40)5)63-53(82)43-24-37(30-74(43)7)64-52(81)42-23-35(28-73(42)6)62-48(79)13-11-15-60-56(85)50-67-46(33-77(50)10)68-55(84)45-25-38(31-76(45)9)65-54(83)44-26-39(32-75(44)8)66-57(86)49-59-18-20-70(49)3/h18,20-33H,11-17,19H2,1-10H3,(H,58,78)(H,60,85)(H,61,80)(H,62,79)(H,63,82)(H,64,81)(H,65,83)(H,66,86)(H,68,84). The van der Waals surface area contributed by atoms with Crippen LogP contribution in [0.2, 0.25) is 0 Å². The average Bonchev–Trinajstić information content (AvgIpc) is 2.50. The molecule has 0 unspecified atom stereocenters. The van der Waals surface area contributed by atoms with Crippen LogP contribution < -0.4 is 47.9 Å². The zero-order chi connectivity index (χ0) is 62.1. The Labute approximate surface area is 494 Å². The summed E-state index contributed by atoms with van der Waals surface area (Å²) in [6, 6.07) is 9.57. The van der Waals surface area contributed by atoms with Gasteiger partial charge in [0.25, 0.3) is 41.4 Å². The molecule has 0 bridgehead atoms. The molecule has 452 valence electrons. The Morgan fingerprint density at radius 1 is 0.407 bits per heavy atom. The first kappa shape index (κ1) is 61.4. The number of aromatic nitrogens is 10. The van der Waals surface area contributed by atoms with E-state index in [0.29, 0.717) is 40.7 Å². The number of nitrogens with zero attached hydrogens (tertiary/aromatic N) is 11. The van der Waals surface area contributed by atoms with E-state index >= 15 is 0 Å². The van der Waals surface area contributed by atoms with E-state index in [4.69, 9.17) is 0 Å². The summed E-state index contributed by atoms with van der Waals surface area (Å²) in [6.45, 7) is 1.73. The molecule has 0 spiro atoms. The van der Waals surface area contributed by atoms with Crippen LogP contribution in [0.1, 0.15) is 99.4 Å². The number of nitrogens with one attached hydrogen (secondary N) is 9. The van der Waals surface area contributed by atoms with Gasteiger partial charge in [-0.05, 0) is 69.9 Å². The molecule has 9 N–H and O–H groups in total. The van der Waals surface area contributed by atoms with Crippen LogP contribution in [0.15, 0.2) is 92.2 Å². The Morgan fingerprint density at radius 2 is 0.872 bits per heavy atom. The summed E-state index contributed by atoms with van der Waals surface area (Å²) in [7, 11) is 17.4. The number of carbonyl (C=O) groups is 9. The first-order chi connectivity index (χ1) is 40.9. The van der Waals surface area contributed by atoms with Crippen LogP contribution >= 0.6 is 0 Å². The maximum absolute atomic E-state index is 13.6. The van der Waals surface area contributed by atoms with Gasteiger partial charge in [-0.2, -0.15) is 0 Å². The highest BCUT2D eigenvalue weighted by atomic mass is 16.2. The number of hydrogen-bond donors (Lipinski definition) is 9. The van der Waals surface area contributed by atoms with Crippen molar-refractivity contribution in [3.63, 3.8) is 0 Å². The number of rotatable bonds is 25. The molecule has 8 aromatic rings. The summed E-state index contributed by atoms with van der Waals surface area (Å²) < 4.78 is 12.7. The highest BCUT2D eigenvalue weighted by Gasteiger charge is 2.23. The Bertz CT molecular complexity index is 3890. The molecular weight excluding hydrogens is 1110 g/mol. The number of imidazole rings is 2. The second kappa shape index (κ2) is 26.7. The van der Waals surface area contributed by atoms with Crippen LogP contribution in [0.25, 0.3) is 11.3 Å². The summed E-state index contributed by atoms with van der Waals surface area (Å²) in [5.74, 6) is -3.49.